The molecule has 238 valence electrons. The van der Waals surface area contributed by atoms with Gasteiger partial charge in [-0.25, -0.2) is 12.8 Å². The van der Waals surface area contributed by atoms with Crippen LogP contribution in [0.4, 0.5) is 10.1 Å². The topological polar surface area (TPSA) is 105 Å². The van der Waals surface area contributed by atoms with Crippen molar-refractivity contribution in [1.82, 2.24) is 10.2 Å². The van der Waals surface area contributed by atoms with Crippen molar-refractivity contribution in [3.05, 3.63) is 82.1 Å². The van der Waals surface area contributed by atoms with E-state index in [2.05, 4.69) is 5.32 Å². The lowest BCUT2D eigenvalue weighted by Gasteiger charge is -2.34. The first-order valence-electron chi connectivity index (χ1n) is 13.9. The Hall–Kier alpha value is -3.54. The molecule has 9 nitrogen and oxygen atoms in total. The molecule has 1 N–H and O–H groups in total. The van der Waals surface area contributed by atoms with Crippen LogP contribution in [0.2, 0.25) is 10.0 Å². The van der Waals surface area contributed by atoms with Crippen molar-refractivity contribution in [2.45, 2.75) is 57.1 Å². The molecule has 3 rings (SSSR count). The second-order valence-corrected chi connectivity index (χ2v) is 12.7. The van der Waals surface area contributed by atoms with E-state index < -0.39 is 40.2 Å². The quantitative estimate of drug-likeness (QED) is 0.224. The van der Waals surface area contributed by atoms with Gasteiger partial charge in [0.25, 0.3) is 10.0 Å². The highest BCUT2D eigenvalue weighted by Crippen LogP contribution is 2.33. The molecule has 0 heterocycles. The van der Waals surface area contributed by atoms with Crippen molar-refractivity contribution < 1.29 is 31.9 Å². The van der Waals surface area contributed by atoms with E-state index in [0.717, 1.165) is 16.4 Å². The molecule has 2 atom stereocenters. The number of nitrogens with one attached hydrogen (secondary N) is 1. The third kappa shape index (κ3) is 8.34. The van der Waals surface area contributed by atoms with E-state index in [1.54, 1.807) is 19.1 Å². The largest absolute Gasteiger partial charge is 0.493 e. The number of methoxy groups -OCH3 is 2. The lowest BCUT2D eigenvalue weighted by Crippen LogP contribution is -2.53. The van der Waals surface area contributed by atoms with Gasteiger partial charge in [-0.05, 0) is 73.9 Å². The standard InChI is InChI=1S/C31H36Cl2FN3O6S/c1-6-20(3)35-31(39)27(7-2)36(18-21-8-9-22(32)16-26(21)33)30(38)19-37(24-12-10-23(34)11-13-24)44(40,41)25-14-15-28(42-4)29(17-25)43-5/h8-17,20,27H,6-7,18-19H2,1-5H3,(H,35,39)/t20-,27+/m1/s1. The Labute approximate surface area is 267 Å². The summed E-state index contributed by atoms with van der Waals surface area (Å²) >= 11 is 12.5. The molecular weight excluding hydrogens is 632 g/mol. The van der Waals surface area contributed by atoms with Gasteiger partial charge < -0.3 is 19.7 Å². The van der Waals surface area contributed by atoms with Crippen molar-refractivity contribution in [2.24, 2.45) is 0 Å². The van der Waals surface area contributed by atoms with Crippen LogP contribution in [0.25, 0.3) is 0 Å². The Kier molecular flexibility index (Phi) is 12.3. The van der Waals surface area contributed by atoms with Crippen LogP contribution in [-0.4, -0.2) is 58.0 Å². The molecule has 0 spiro atoms. The van der Waals surface area contributed by atoms with Gasteiger partial charge in [0.1, 0.15) is 18.4 Å². The van der Waals surface area contributed by atoms with Gasteiger partial charge in [0.2, 0.25) is 11.8 Å². The first-order chi connectivity index (χ1) is 20.9. The summed E-state index contributed by atoms with van der Waals surface area (Å²) in [5, 5.41) is 3.58. The van der Waals surface area contributed by atoms with Crippen LogP contribution in [0.15, 0.2) is 65.6 Å². The van der Waals surface area contributed by atoms with E-state index in [-0.39, 0.29) is 40.4 Å². The molecule has 0 unspecified atom stereocenters. The van der Waals surface area contributed by atoms with Crippen molar-refractivity contribution in [2.75, 3.05) is 25.1 Å². The minimum atomic E-state index is -4.43. The molecule has 3 aromatic rings. The molecule has 0 saturated carbocycles. The number of ether oxygens (including phenoxy) is 2. The van der Waals surface area contributed by atoms with E-state index in [4.69, 9.17) is 32.7 Å². The summed E-state index contributed by atoms with van der Waals surface area (Å²) in [7, 11) is -1.65. The van der Waals surface area contributed by atoms with Crippen LogP contribution in [0.1, 0.15) is 39.2 Å². The molecular formula is C31H36Cl2FN3O6S. The monoisotopic (exact) mass is 667 g/mol. The van der Waals surface area contributed by atoms with E-state index in [1.165, 1.54) is 55.5 Å². The highest BCUT2D eigenvalue weighted by atomic mass is 35.5. The van der Waals surface area contributed by atoms with Gasteiger partial charge in [0.15, 0.2) is 11.5 Å². The number of sulfonamides is 1. The Bertz CT molecular complexity index is 1570. The van der Waals surface area contributed by atoms with Gasteiger partial charge in [-0.15, -0.1) is 0 Å². The number of carbonyl (C=O) groups is 2. The Balaban J connectivity index is 2.12. The molecule has 0 radical (unpaired) electrons. The molecule has 0 aliphatic heterocycles. The summed E-state index contributed by atoms with van der Waals surface area (Å²) in [5.74, 6) is -1.20. The second-order valence-electron chi connectivity index (χ2n) is 10.0. The first-order valence-corrected chi connectivity index (χ1v) is 16.1. The molecule has 0 fully saturated rings. The van der Waals surface area contributed by atoms with E-state index >= 15 is 0 Å². The summed E-state index contributed by atoms with van der Waals surface area (Å²) < 4.78 is 53.5. The maximum atomic E-state index is 14.2. The predicted octanol–water partition coefficient (Wildman–Crippen LogP) is 6.07. The maximum Gasteiger partial charge on any atom is 0.264 e. The Morgan fingerprint density at radius 2 is 1.59 bits per heavy atom. The van der Waals surface area contributed by atoms with Crippen molar-refractivity contribution in [3.8, 4) is 11.5 Å². The highest BCUT2D eigenvalue weighted by molar-refractivity contribution is 7.92. The smallest absolute Gasteiger partial charge is 0.264 e. The molecule has 13 heteroatoms. The fraction of sp³-hybridized carbons (Fsp3) is 0.355. The van der Waals surface area contributed by atoms with Gasteiger partial charge in [-0.1, -0.05) is 43.1 Å². The summed E-state index contributed by atoms with van der Waals surface area (Å²) in [6.45, 7) is 4.71. The average Bonchev–Trinajstić information content (AvgIpc) is 3.00. The third-order valence-corrected chi connectivity index (χ3v) is 9.44. The minimum absolute atomic E-state index is 0.0381. The van der Waals surface area contributed by atoms with Crippen LogP contribution in [0, 0.1) is 5.82 Å². The summed E-state index contributed by atoms with van der Waals surface area (Å²) in [5.41, 5.74) is 0.548. The number of benzene rings is 3. The first kappa shape index (κ1) is 34.9. The van der Waals surface area contributed by atoms with Gasteiger partial charge in [0.05, 0.1) is 24.8 Å². The molecule has 3 aromatic carbocycles. The third-order valence-electron chi connectivity index (χ3n) is 7.08. The normalized spacial score (nSPS) is 12.6. The second kappa shape index (κ2) is 15.5. The number of halogens is 3. The highest BCUT2D eigenvalue weighted by Gasteiger charge is 2.34. The SMILES string of the molecule is CC[C@@H](C)NC(=O)[C@H](CC)N(Cc1ccc(Cl)cc1Cl)C(=O)CN(c1ccc(F)cc1)S(=O)(=O)c1ccc(OC)c(OC)c1. The number of hydrogen-bond donors (Lipinski definition) is 1. The lowest BCUT2D eigenvalue weighted by molar-refractivity contribution is -0.140. The number of carbonyl (C=O) groups excluding carboxylic acids is 2. The Morgan fingerprint density at radius 1 is 0.932 bits per heavy atom. The number of anilines is 1. The molecule has 44 heavy (non-hydrogen) atoms. The number of amides is 2. The van der Waals surface area contributed by atoms with Crippen LogP contribution in [0.5, 0.6) is 11.5 Å². The van der Waals surface area contributed by atoms with Crippen molar-refractivity contribution in [1.29, 1.82) is 0 Å². The van der Waals surface area contributed by atoms with Crippen molar-refractivity contribution >= 4 is 50.7 Å². The van der Waals surface area contributed by atoms with E-state index in [1.807, 2.05) is 13.8 Å². The number of hydrogen-bond acceptors (Lipinski definition) is 6. The van der Waals surface area contributed by atoms with Crippen LogP contribution in [-0.2, 0) is 26.2 Å². The van der Waals surface area contributed by atoms with E-state index in [0.29, 0.717) is 22.8 Å². The van der Waals surface area contributed by atoms with Crippen LogP contribution >= 0.6 is 23.2 Å². The summed E-state index contributed by atoms with van der Waals surface area (Å²) in [6.07, 6.45) is 0.902. The fourth-order valence-electron chi connectivity index (χ4n) is 4.43. The zero-order chi connectivity index (χ0) is 32.6. The number of nitrogens with zero attached hydrogens (tertiary/aromatic N) is 2. The average molecular weight is 669 g/mol. The molecule has 0 bridgehead atoms. The van der Waals surface area contributed by atoms with Gasteiger partial charge in [-0.2, -0.15) is 0 Å². The molecule has 2 amide bonds. The molecule has 0 aliphatic carbocycles. The summed E-state index contributed by atoms with van der Waals surface area (Å²) in [4.78, 5) is 28.7. The molecule has 0 saturated heterocycles. The summed E-state index contributed by atoms with van der Waals surface area (Å²) in [6, 6.07) is 12.4. The lowest BCUT2D eigenvalue weighted by atomic mass is 10.1. The minimum Gasteiger partial charge on any atom is -0.493 e. The number of rotatable bonds is 14. The zero-order valence-corrected chi connectivity index (χ0v) is 27.5. The van der Waals surface area contributed by atoms with Gasteiger partial charge in [-0.3, -0.25) is 13.9 Å². The molecule has 0 aliphatic rings. The van der Waals surface area contributed by atoms with Gasteiger partial charge >= 0.3 is 0 Å². The zero-order valence-electron chi connectivity index (χ0n) is 25.1. The van der Waals surface area contributed by atoms with Crippen LogP contribution < -0.4 is 19.1 Å². The van der Waals surface area contributed by atoms with E-state index in [9.17, 15) is 22.4 Å². The van der Waals surface area contributed by atoms with Gasteiger partial charge in [0, 0.05) is 28.7 Å². The van der Waals surface area contributed by atoms with Crippen molar-refractivity contribution in [3.63, 3.8) is 0 Å². The fourth-order valence-corrected chi connectivity index (χ4v) is 6.33. The maximum absolute atomic E-state index is 14.2. The Morgan fingerprint density at radius 3 is 2.16 bits per heavy atom. The predicted molar refractivity (Wildman–Crippen MR) is 169 cm³/mol. The molecule has 0 aromatic heterocycles. The van der Waals surface area contributed by atoms with Crippen LogP contribution in [0.3, 0.4) is 0 Å².